The molecule has 0 aromatic heterocycles. The van der Waals surface area contributed by atoms with Crippen LogP contribution in [0.25, 0.3) is 0 Å². The van der Waals surface area contributed by atoms with E-state index in [0.29, 0.717) is 0 Å². The quantitative estimate of drug-likeness (QED) is 0.588. The third-order valence-electron chi connectivity index (χ3n) is 2.13. The van der Waals surface area contributed by atoms with Crippen molar-refractivity contribution in [2.24, 2.45) is 11.7 Å². The zero-order chi connectivity index (χ0) is 8.27. The van der Waals surface area contributed by atoms with Crippen LogP contribution in [-0.2, 0) is 0 Å². The van der Waals surface area contributed by atoms with Crippen molar-refractivity contribution in [3.8, 4) is 0 Å². The van der Waals surface area contributed by atoms with Gasteiger partial charge in [0.05, 0.1) is 6.10 Å². The van der Waals surface area contributed by atoms with E-state index in [4.69, 9.17) is 10.8 Å². The van der Waals surface area contributed by atoms with Gasteiger partial charge in [0, 0.05) is 19.6 Å². The molecule has 1 heterocycles. The van der Waals surface area contributed by atoms with Gasteiger partial charge in [-0.15, -0.1) is 0 Å². The summed E-state index contributed by atoms with van der Waals surface area (Å²) < 4.78 is 0. The summed E-state index contributed by atoms with van der Waals surface area (Å²) >= 11 is 0. The van der Waals surface area contributed by atoms with Crippen molar-refractivity contribution in [2.75, 3.05) is 26.2 Å². The van der Waals surface area contributed by atoms with E-state index in [2.05, 4.69) is 4.90 Å². The zero-order valence-corrected chi connectivity index (χ0v) is 7.16. The fourth-order valence-electron chi connectivity index (χ4n) is 1.62. The highest BCUT2D eigenvalue weighted by Gasteiger charge is 2.25. The molecule has 0 amide bonds. The second-order valence-electron chi connectivity index (χ2n) is 3.51. The van der Waals surface area contributed by atoms with Gasteiger partial charge in [-0.05, 0) is 25.8 Å². The predicted octanol–water partition coefficient (Wildman–Crippen LogP) is -0.352. The standard InChI is InChI=1S/C8H18N2O/c1-7(11)4-10-5-8(6-10)2-3-9/h7-8,11H,2-6,9H2,1H3. The molecule has 0 spiro atoms. The summed E-state index contributed by atoms with van der Waals surface area (Å²) in [6.45, 7) is 5.70. The SMILES string of the molecule is CC(O)CN1CC(CCN)C1. The molecule has 0 bridgehead atoms. The van der Waals surface area contributed by atoms with Crippen molar-refractivity contribution in [3.63, 3.8) is 0 Å². The number of β-amino-alcohol motifs (C(OH)–C–C–N with tert-alkyl or cyclic N) is 1. The highest BCUT2D eigenvalue weighted by atomic mass is 16.3. The fourth-order valence-corrected chi connectivity index (χ4v) is 1.62. The first-order valence-electron chi connectivity index (χ1n) is 4.33. The van der Waals surface area contributed by atoms with Crippen LogP contribution in [0.1, 0.15) is 13.3 Å². The van der Waals surface area contributed by atoms with Crippen molar-refractivity contribution >= 4 is 0 Å². The lowest BCUT2D eigenvalue weighted by molar-refractivity contribution is 0.0450. The number of nitrogens with two attached hydrogens (primary N) is 1. The molecule has 1 aliphatic heterocycles. The van der Waals surface area contributed by atoms with Crippen molar-refractivity contribution in [3.05, 3.63) is 0 Å². The molecule has 1 aliphatic rings. The minimum atomic E-state index is -0.186. The van der Waals surface area contributed by atoms with E-state index < -0.39 is 0 Å². The Hall–Kier alpha value is -0.120. The van der Waals surface area contributed by atoms with Crippen LogP contribution < -0.4 is 5.73 Å². The second-order valence-corrected chi connectivity index (χ2v) is 3.51. The van der Waals surface area contributed by atoms with Gasteiger partial charge in [0.15, 0.2) is 0 Å². The molecule has 11 heavy (non-hydrogen) atoms. The van der Waals surface area contributed by atoms with Crippen LogP contribution >= 0.6 is 0 Å². The molecule has 0 aromatic carbocycles. The van der Waals surface area contributed by atoms with Gasteiger partial charge < -0.3 is 15.7 Å². The lowest BCUT2D eigenvalue weighted by Gasteiger charge is -2.39. The predicted molar refractivity (Wildman–Crippen MR) is 45.3 cm³/mol. The average molecular weight is 158 g/mol. The summed E-state index contributed by atoms with van der Waals surface area (Å²) in [7, 11) is 0. The Morgan fingerprint density at radius 2 is 2.27 bits per heavy atom. The Bertz CT molecular complexity index is 111. The number of rotatable bonds is 4. The minimum absolute atomic E-state index is 0.186. The minimum Gasteiger partial charge on any atom is -0.392 e. The smallest absolute Gasteiger partial charge is 0.0639 e. The number of likely N-dealkylation sites (tertiary alicyclic amines) is 1. The lowest BCUT2D eigenvalue weighted by atomic mass is 9.96. The molecule has 3 nitrogen and oxygen atoms in total. The summed E-state index contributed by atoms with van der Waals surface area (Å²) in [5.41, 5.74) is 5.42. The van der Waals surface area contributed by atoms with E-state index in [1.165, 1.54) is 0 Å². The Labute approximate surface area is 68.2 Å². The Morgan fingerprint density at radius 1 is 1.64 bits per heavy atom. The van der Waals surface area contributed by atoms with E-state index >= 15 is 0 Å². The van der Waals surface area contributed by atoms with Crippen LogP contribution in [0.3, 0.4) is 0 Å². The molecule has 66 valence electrons. The normalized spacial score (nSPS) is 23.2. The van der Waals surface area contributed by atoms with Crippen LogP contribution in [0.5, 0.6) is 0 Å². The van der Waals surface area contributed by atoms with Crippen LogP contribution in [-0.4, -0.2) is 42.3 Å². The van der Waals surface area contributed by atoms with Crippen LogP contribution in [0.4, 0.5) is 0 Å². The first-order valence-corrected chi connectivity index (χ1v) is 4.33. The summed E-state index contributed by atoms with van der Waals surface area (Å²) in [6, 6.07) is 0. The molecule has 3 heteroatoms. The molecule has 1 saturated heterocycles. The van der Waals surface area contributed by atoms with Crippen molar-refractivity contribution in [2.45, 2.75) is 19.4 Å². The number of aliphatic hydroxyl groups excluding tert-OH is 1. The van der Waals surface area contributed by atoms with Crippen molar-refractivity contribution in [1.82, 2.24) is 4.90 Å². The van der Waals surface area contributed by atoms with Crippen molar-refractivity contribution < 1.29 is 5.11 Å². The third kappa shape index (κ3) is 2.77. The maximum Gasteiger partial charge on any atom is 0.0639 e. The highest BCUT2D eigenvalue weighted by molar-refractivity contribution is 4.80. The third-order valence-corrected chi connectivity index (χ3v) is 2.13. The van der Waals surface area contributed by atoms with Gasteiger partial charge in [0.1, 0.15) is 0 Å². The van der Waals surface area contributed by atoms with E-state index in [1.807, 2.05) is 6.92 Å². The maximum atomic E-state index is 9.04. The molecule has 1 rings (SSSR count). The van der Waals surface area contributed by atoms with Gasteiger partial charge >= 0.3 is 0 Å². The van der Waals surface area contributed by atoms with E-state index in [9.17, 15) is 0 Å². The van der Waals surface area contributed by atoms with Crippen LogP contribution in [0.2, 0.25) is 0 Å². The maximum absolute atomic E-state index is 9.04. The summed E-state index contributed by atoms with van der Waals surface area (Å²) in [5, 5.41) is 9.04. The topological polar surface area (TPSA) is 49.5 Å². The van der Waals surface area contributed by atoms with Gasteiger partial charge in [0.2, 0.25) is 0 Å². The van der Waals surface area contributed by atoms with Gasteiger partial charge in [-0.3, -0.25) is 0 Å². The number of aliphatic hydroxyl groups is 1. The Morgan fingerprint density at radius 3 is 2.73 bits per heavy atom. The molecule has 1 unspecified atom stereocenters. The molecular formula is C8H18N2O. The fraction of sp³-hybridized carbons (Fsp3) is 1.00. The number of hydrogen-bond donors (Lipinski definition) is 2. The summed E-state index contributed by atoms with van der Waals surface area (Å²) in [5.74, 6) is 0.791. The molecule has 1 atom stereocenters. The number of nitrogens with zero attached hydrogens (tertiary/aromatic N) is 1. The molecule has 1 fully saturated rings. The molecule has 3 N–H and O–H groups in total. The summed E-state index contributed by atoms with van der Waals surface area (Å²) in [4.78, 5) is 2.27. The highest BCUT2D eigenvalue weighted by Crippen LogP contribution is 2.17. The molecule has 0 radical (unpaired) electrons. The van der Waals surface area contributed by atoms with Gasteiger partial charge in [-0.1, -0.05) is 0 Å². The molecule has 0 aliphatic carbocycles. The Balaban J connectivity index is 2.00. The van der Waals surface area contributed by atoms with E-state index in [0.717, 1.165) is 38.5 Å². The monoisotopic (exact) mass is 158 g/mol. The second kappa shape index (κ2) is 4.04. The lowest BCUT2D eigenvalue weighted by Crippen LogP contribution is -2.49. The van der Waals surface area contributed by atoms with Gasteiger partial charge in [-0.25, -0.2) is 0 Å². The first-order chi connectivity index (χ1) is 5.22. The first kappa shape index (κ1) is 8.97. The average Bonchev–Trinajstić information content (AvgIpc) is 1.82. The van der Waals surface area contributed by atoms with Gasteiger partial charge in [-0.2, -0.15) is 0 Å². The zero-order valence-electron chi connectivity index (χ0n) is 7.16. The Kier molecular flexibility index (Phi) is 3.30. The van der Waals surface area contributed by atoms with E-state index in [1.54, 1.807) is 0 Å². The molecular weight excluding hydrogens is 140 g/mol. The van der Waals surface area contributed by atoms with Crippen LogP contribution in [0, 0.1) is 5.92 Å². The molecule has 0 saturated carbocycles. The van der Waals surface area contributed by atoms with Crippen molar-refractivity contribution in [1.29, 1.82) is 0 Å². The number of hydrogen-bond acceptors (Lipinski definition) is 3. The summed E-state index contributed by atoms with van der Waals surface area (Å²) in [6.07, 6.45) is 0.949. The van der Waals surface area contributed by atoms with E-state index in [-0.39, 0.29) is 6.10 Å². The molecule has 0 aromatic rings. The van der Waals surface area contributed by atoms with Crippen LogP contribution in [0.15, 0.2) is 0 Å². The largest absolute Gasteiger partial charge is 0.392 e. The van der Waals surface area contributed by atoms with Gasteiger partial charge in [0.25, 0.3) is 0 Å².